The fraction of sp³-hybridized carbons (Fsp3) is 0.222. The first-order valence-electron chi connectivity index (χ1n) is 7.11. The van der Waals surface area contributed by atoms with E-state index in [1.165, 1.54) is 0 Å². The molecule has 0 radical (unpaired) electrons. The molecule has 0 bridgehead atoms. The van der Waals surface area contributed by atoms with Crippen molar-refractivity contribution in [2.45, 2.75) is 11.8 Å². The third-order valence-electron chi connectivity index (χ3n) is 4.21. The maximum Gasteiger partial charge on any atom is 0.224 e. The van der Waals surface area contributed by atoms with Gasteiger partial charge in [0.2, 0.25) is 5.91 Å². The summed E-state index contributed by atoms with van der Waals surface area (Å²) < 4.78 is 0. The quantitative estimate of drug-likeness (QED) is 0.854. The fourth-order valence-electron chi connectivity index (χ4n) is 3.12. The molecule has 1 aliphatic carbocycles. The van der Waals surface area contributed by atoms with Crippen LogP contribution in [0.4, 0.5) is 0 Å². The minimum absolute atomic E-state index is 0.0465. The zero-order chi connectivity index (χ0) is 14.7. The molecule has 1 saturated carbocycles. The molecular formula is C18H17NO2. The molecule has 0 saturated heterocycles. The molecule has 1 aliphatic rings. The maximum absolute atomic E-state index is 12.3. The third-order valence-corrected chi connectivity index (χ3v) is 4.21. The molecule has 0 aromatic heterocycles. The van der Waals surface area contributed by atoms with Gasteiger partial charge in [-0.2, -0.15) is 0 Å². The normalized spacial score (nSPS) is 18.8. The van der Waals surface area contributed by atoms with Crippen LogP contribution in [0.25, 0.3) is 0 Å². The van der Waals surface area contributed by atoms with Crippen molar-refractivity contribution in [2.24, 2.45) is 5.92 Å². The summed E-state index contributed by atoms with van der Waals surface area (Å²) in [6.45, 7) is 0.0784. The number of carbonyl (C=O) groups excluding carboxylic acids is 2. The van der Waals surface area contributed by atoms with Gasteiger partial charge in [-0.1, -0.05) is 60.7 Å². The highest BCUT2D eigenvalue weighted by Gasteiger charge is 2.59. The first kappa shape index (κ1) is 13.6. The second kappa shape index (κ2) is 5.52. The van der Waals surface area contributed by atoms with Crippen molar-refractivity contribution >= 4 is 12.2 Å². The number of hydrogen-bond donors (Lipinski definition) is 1. The van der Waals surface area contributed by atoms with E-state index < -0.39 is 0 Å². The van der Waals surface area contributed by atoms with Crippen molar-refractivity contribution in [3.8, 4) is 0 Å². The van der Waals surface area contributed by atoms with E-state index in [2.05, 4.69) is 29.6 Å². The second-order valence-corrected chi connectivity index (χ2v) is 5.37. The SMILES string of the molecule is O=CCNC(=O)C1CC1(c1ccccc1)c1ccccc1. The predicted octanol–water partition coefficient (Wildman–Crippen LogP) is 2.31. The summed E-state index contributed by atoms with van der Waals surface area (Å²) in [5, 5.41) is 2.68. The number of amides is 1. The fourth-order valence-corrected chi connectivity index (χ4v) is 3.12. The molecule has 3 nitrogen and oxygen atoms in total. The summed E-state index contributed by atoms with van der Waals surface area (Å²) in [5.74, 6) is -0.156. The number of rotatable bonds is 5. The molecule has 106 valence electrons. The van der Waals surface area contributed by atoms with Crippen molar-refractivity contribution < 1.29 is 9.59 Å². The van der Waals surface area contributed by atoms with Crippen molar-refractivity contribution in [3.63, 3.8) is 0 Å². The lowest BCUT2D eigenvalue weighted by Gasteiger charge is -2.18. The molecule has 2 aromatic carbocycles. The van der Waals surface area contributed by atoms with Crippen molar-refractivity contribution in [1.29, 1.82) is 0 Å². The lowest BCUT2D eigenvalue weighted by molar-refractivity contribution is -0.123. The molecule has 21 heavy (non-hydrogen) atoms. The van der Waals surface area contributed by atoms with Crippen LogP contribution in [0.3, 0.4) is 0 Å². The van der Waals surface area contributed by atoms with E-state index in [0.29, 0.717) is 6.29 Å². The molecule has 3 heteroatoms. The van der Waals surface area contributed by atoms with Gasteiger partial charge >= 0.3 is 0 Å². The van der Waals surface area contributed by atoms with Gasteiger partial charge in [-0.3, -0.25) is 4.79 Å². The van der Waals surface area contributed by atoms with Crippen LogP contribution in [0.2, 0.25) is 0 Å². The summed E-state index contributed by atoms with van der Waals surface area (Å²) in [7, 11) is 0. The van der Waals surface area contributed by atoms with Gasteiger partial charge < -0.3 is 10.1 Å². The number of carbonyl (C=O) groups is 2. The molecule has 1 N–H and O–H groups in total. The predicted molar refractivity (Wildman–Crippen MR) is 80.8 cm³/mol. The molecular weight excluding hydrogens is 262 g/mol. The molecule has 3 rings (SSSR count). The number of aldehydes is 1. The van der Waals surface area contributed by atoms with Crippen molar-refractivity contribution in [2.75, 3.05) is 6.54 Å². The third kappa shape index (κ3) is 2.35. The van der Waals surface area contributed by atoms with Crippen LogP contribution in [0.5, 0.6) is 0 Å². The van der Waals surface area contributed by atoms with Gasteiger partial charge in [0.05, 0.1) is 12.5 Å². The van der Waals surface area contributed by atoms with E-state index in [-0.39, 0.29) is 23.8 Å². The van der Waals surface area contributed by atoms with E-state index in [1.807, 2.05) is 36.4 Å². The molecule has 1 atom stereocenters. The van der Waals surface area contributed by atoms with Crippen LogP contribution in [0.15, 0.2) is 60.7 Å². The summed E-state index contributed by atoms with van der Waals surface area (Å²) in [6.07, 6.45) is 1.50. The van der Waals surface area contributed by atoms with E-state index in [0.717, 1.165) is 17.5 Å². The standard InChI is InChI=1S/C18H17NO2/c20-12-11-19-17(21)16-13-18(16,14-7-3-1-4-8-14)15-9-5-2-6-10-15/h1-10,12,16H,11,13H2,(H,19,21). The lowest BCUT2D eigenvalue weighted by atomic mass is 9.85. The van der Waals surface area contributed by atoms with Crippen LogP contribution in [0.1, 0.15) is 17.5 Å². The topological polar surface area (TPSA) is 46.2 Å². The Morgan fingerprint density at radius 3 is 2.05 bits per heavy atom. The zero-order valence-electron chi connectivity index (χ0n) is 11.7. The number of hydrogen-bond acceptors (Lipinski definition) is 2. The van der Waals surface area contributed by atoms with Gasteiger partial charge in [0.1, 0.15) is 6.29 Å². The molecule has 0 heterocycles. The van der Waals surface area contributed by atoms with Crippen LogP contribution in [-0.2, 0) is 15.0 Å². The minimum atomic E-state index is -0.254. The summed E-state index contributed by atoms with van der Waals surface area (Å²) >= 11 is 0. The number of nitrogens with one attached hydrogen (secondary N) is 1. The molecule has 0 aliphatic heterocycles. The highest BCUT2D eigenvalue weighted by Crippen LogP contribution is 2.58. The Hall–Kier alpha value is -2.42. The minimum Gasteiger partial charge on any atom is -0.349 e. The Bertz CT molecular complexity index is 597. The van der Waals surface area contributed by atoms with Crippen molar-refractivity contribution in [1.82, 2.24) is 5.32 Å². The Labute approximate surface area is 124 Å². The van der Waals surface area contributed by atoms with E-state index in [9.17, 15) is 9.59 Å². The largest absolute Gasteiger partial charge is 0.349 e. The average Bonchev–Trinajstić information content (AvgIpc) is 3.31. The van der Waals surface area contributed by atoms with Gasteiger partial charge in [-0.25, -0.2) is 0 Å². The summed E-state index contributed by atoms with van der Waals surface area (Å²) in [4.78, 5) is 22.7. The van der Waals surface area contributed by atoms with Crippen LogP contribution in [-0.4, -0.2) is 18.7 Å². The summed E-state index contributed by atoms with van der Waals surface area (Å²) in [6, 6.07) is 20.2. The first-order valence-corrected chi connectivity index (χ1v) is 7.11. The Balaban J connectivity index is 1.96. The zero-order valence-corrected chi connectivity index (χ0v) is 11.7. The van der Waals surface area contributed by atoms with Gasteiger partial charge in [-0.05, 0) is 17.5 Å². The van der Waals surface area contributed by atoms with E-state index >= 15 is 0 Å². The van der Waals surface area contributed by atoms with E-state index in [4.69, 9.17) is 0 Å². The average molecular weight is 279 g/mol. The molecule has 2 aromatic rings. The monoisotopic (exact) mass is 279 g/mol. The van der Waals surface area contributed by atoms with Crippen LogP contribution in [0, 0.1) is 5.92 Å². The summed E-state index contributed by atoms with van der Waals surface area (Å²) in [5.41, 5.74) is 2.06. The molecule has 1 unspecified atom stereocenters. The van der Waals surface area contributed by atoms with Gasteiger partial charge in [-0.15, -0.1) is 0 Å². The van der Waals surface area contributed by atoms with Crippen LogP contribution < -0.4 is 5.32 Å². The molecule has 0 spiro atoms. The van der Waals surface area contributed by atoms with Gasteiger partial charge in [0, 0.05) is 5.41 Å². The smallest absolute Gasteiger partial charge is 0.224 e. The Morgan fingerprint density at radius 1 is 1.05 bits per heavy atom. The van der Waals surface area contributed by atoms with Gasteiger partial charge in [0.25, 0.3) is 0 Å². The van der Waals surface area contributed by atoms with Crippen LogP contribution >= 0.6 is 0 Å². The van der Waals surface area contributed by atoms with E-state index in [1.54, 1.807) is 0 Å². The second-order valence-electron chi connectivity index (χ2n) is 5.37. The maximum atomic E-state index is 12.3. The molecule has 1 fully saturated rings. The Morgan fingerprint density at radius 2 is 1.57 bits per heavy atom. The van der Waals surface area contributed by atoms with Gasteiger partial charge in [0.15, 0.2) is 0 Å². The lowest BCUT2D eigenvalue weighted by Crippen LogP contribution is -2.30. The number of benzene rings is 2. The first-order chi connectivity index (χ1) is 10.3. The highest BCUT2D eigenvalue weighted by molar-refractivity contribution is 5.87. The molecule has 1 amide bonds. The highest BCUT2D eigenvalue weighted by atomic mass is 16.2. The Kier molecular flexibility index (Phi) is 3.57. The van der Waals surface area contributed by atoms with Crippen molar-refractivity contribution in [3.05, 3.63) is 71.8 Å².